The zero-order chi connectivity index (χ0) is 12.3. The van der Waals surface area contributed by atoms with Crippen LogP contribution in [0.1, 0.15) is 25.8 Å². The van der Waals surface area contributed by atoms with Crippen molar-refractivity contribution < 1.29 is 0 Å². The molecule has 0 spiro atoms. The zero-order valence-corrected chi connectivity index (χ0v) is 13.3. The van der Waals surface area contributed by atoms with E-state index in [1.54, 1.807) is 0 Å². The zero-order valence-electron chi connectivity index (χ0n) is 11.7. The second-order valence-electron chi connectivity index (χ2n) is 5.77. The van der Waals surface area contributed by atoms with Crippen LogP contribution in [0.25, 0.3) is 0 Å². The molecule has 19 heavy (non-hydrogen) atoms. The molecule has 1 aromatic heterocycles. The van der Waals surface area contributed by atoms with Gasteiger partial charge < -0.3 is 10.6 Å². The van der Waals surface area contributed by atoms with E-state index in [2.05, 4.69) is 29.8 Å². The van der Waals surface area contributed by atoms with E-state index in [4.69, 9.17) is 5.73 Å². The SMILES string of the molecule is CC1(C)CN(CCc2cccnc2)CCC1N.Cl.Cl. The number of rotatable bonds is 3. The van der Waals surface area contributed by atoms with Crippen LogP contribution >= 0.6 is 24.8 Å². The summed E-state index contributed by atoms with van der Waals surface area (Å²) in [5.74, 6) is 0. The Balaban J connectivity index is 0.00000162. The third kappa shape index (κ3) is 5.27. The van der Waals surface area contributed by atoms with Crippen molar-refractivity contribution in [1.29, 1.82) is 0 Å². The first-order chi connectivity index (χ1) is 8.08. The van der Waals surface area contributed by atoms with Gasteiger partial charge in [-0.05, 0) is 36.4 Å². The van der Waals surface area contributed by atoms with Crippen LogP contribution in [0.2, 0.25) is 0 Å². The molecule has 5 heteroatoms. The van der Waals surface area contributed by atoms with Gasteiger partial charge in [0.1, 0.15) is 0 Å². The minimum absolute atomic E-state index is 0. The second-order valence-corrected chi connectivity index (χ2v) is 5.77. The maximum absolute atomic E-state index is 6.15. The lowest BCUT2D eigenvalue weighted by molar-refractivity contribution is 0.0964. The molecular formula is C14H25Cl2N3. The highest BCUT2D eigenvalue weighted by Gasteiger charge is 2.32. The number of aromatic nitrogens is 1. The van der Waals surface area contributed by atoms with Crippen LogP contribution in [0.5, 0.6) is 0 Å². The molecule has 1 fully saturated rings. The maximum Gasteiger partial charge on any atom is 0.0300 e. The molecule has 1 atom stereocenters. The van der Waals surface area contributed by atoms with Crippen molar-refractivity contribution in [1.82, 2.24) is 9.88 Å². The van der Waals surface area contributed by atoms with Gasteiger partial charge in [0, 0.05) is 31.5 Å². The van der Waals surface area contributed by atoms with Crippen molar-refractivity contribution in [2.45, 2.75) is 32.7 Å². The summed E-state index contributed by atoms with van der Waals surface area (Å²) in [5.41, 5.74) is 7.71. The van der Waals surface area contributed by atoms with Crippen LogP contribution in [0.3, 0.4) is 0 Å². The van der Waals surface area contributed by atoms with Gasteiger partial charge >= 0.3 is 0 Å². The molecule has 1 aliphatic rings. The van der Waals surface area contributed by atoms with Crippen LogP contribution < -0.4 is 5.73 Å². The van der Waals surface area contributed by atoms with E-state index in [-0.39, 0.29) is 30.2 Å². The summed E-state index contributed by atoms with van der Waals surface area (Å²) in [5, 5.41) is 0. The second kappa shape index (κ2) is 8.05. The Bertz CT molecular complexity index is 357. The van der Waals surface area contributed by atoms with Gasteiger partial charge in [0.15, 0.2) is 0 Å². The first kappa shape index (κ1) is 18.7. The van der Waals surface area contributed by atoms with E-state index in [9.17, 15) is 0 Å². The van der Waals surface area contributed by atoms with Gasteiger partial charge in [0.05, 0.1) is 0 Å². The van der Waals surface area contributed by atoms with Gasteiger partial charge in [0.2, 0.25) is 0 Å². The Labute approximate surface area is 128 Å². The summed E-state index contributed by atoms with van der Waals surface area (Å²) in [7, 11) is 0. The lowest BCUT2D eigenvalue weighted by Gasteiger charge is -2.42. The van der Waals surface area contributed by atoms with Crippen LogP contribution in [0.4, 0.5) is 0 Å². The number of pyridine rings is 1. The Hall–Kier alpha value is -0.350. The average Bonchev–Trinajstić information content (AvgIpc) is 2.32. The standard InChI is InChI=1S/C14H23N3.2ClH/c1-14(2)11-17(9-6-13(14)15)8-5-12-4-3-7-16-10-12;;/h3-4,7,10,13H,5-6,8-9,11,15H2,1-2H3;2*1H. The number of nitrogens with zero attached hydrogens (tertiary/aromatic N) is 2. The van der Waals surface area contributed by atoms with Gasteiger partial charge in [-0.3, -0.25) is 4.98 Å². The Morgan fingerprint density at radius 1 is 1.42 bits per heavy atom. The summed E-state index contributed by atoms with van der Waals surface area (Å²) >= 11 is 0. The number of hydrogen-bond donors (Lipinski definition) is 1. The molecule has 1 aliphatic heterocycles. The van der Waals surface area contributed by atoms with Crippen molar-refractivity contribution in [3.63, 3.8) is 0 Å². The largest absolute Gasteiger partial charge is 0.327 e. The lowest BCUT2D eigenvalue weighted by Crippen LogP contribution is -2.52. The predicted molar refractivity (Wildman–Crippen MR) is 85.3 cm³/mol. The van der Waals surface area contributed by atoms with E-state index in [0.717, 1.165) is 32.5 Å². The third-order valence-electron chi connectivity index (χ3n) is 3.83. The van der Waals surface area contributed by atoms with Gasteiger partial charge in [-0.2, -0.15) is 0 Å². The van der Waals surface area contributed by atoms with E-state index in [0.29, 0.717) is 6.04 Å². The summed E-state index contributed by atoms with van der Waals surface area (Å²) in [4.78, 5) is 6.67. The van der Waals surface area contributed by atoms with Gasteiger partial charge in [-0.25, -0.2) is 0 Å². The molecule has 0 aliphatic carbocycles. The quantitative estimate of drug-likeness (QED) is 0.933. The molecule has 2 N–H and O–H groups in total. The monoisotopic (exact) mass is 305 g/mol. The maximum atomic E-state index is 6.15. The van der Waals surface area contributed by atoms with E-state index in [1.807, 2.05) is 18.5 Å². The number of likely N-dealkylation sites (tertiary alicyclic amines) is 1. The van der Waals surface area contributed by atoms with Crippen LogP contribution in [-0.4, -0.2) is 35.6 Å². The van der Waals surface area contributed by atoms with Gasteiger partial charge in [0.25, 0.3) is 0 Å². The Morgan fingerprint density at radius 2 is 2.16 bits per heavy atom. The minimum atomic E-state index is 0. The van der Waals surface area contributed by atoms with Crippen LogP contribution in [0.15, 0.2) is 24.5 Å². The minimum Gasteiger partial charge on any atom is -0.327 e. The highest BCUT2D eigenvalue weighted by atomic mass is 35.5. The topological polar surface area (TPSA) is 42.2 Å². The molecule has 0 saturated carbocycles. The summed E-state index contributed by atoms with van der Waals surface area (Å²) < 4.78 is 0. The van der Waals surface area contributed by atoms with E-state index >= 15 is 0 Å². The van der Waals surface area contributed by atoms with Crippen LogP contribution in [0, 0.1) is 5.41 Å². The van der Waals surface area contributed by atoms with Crippen molar-refractivity contribution >= 4 is 24.8 Å². The Kier molecular flexibility index (Phi) is 7.90. The molecule has 2 rings (SSSR count). The fraction of sp³-hybridized carbons (Fsp3) is 0.643. The molecule has 1 unspecified atom stereocenters. The molecule has 0 aromatic carbocycles. The molecule has 1 saturated heterocycles. The highest BCUT2D eigenvalue weighted by molar-refractivity contribution is 5.85. The van der Waals surface area contributed by atoms with Gasteiger partial charge in [-0.1, -0.05) is 19.9 Å². The smallest absolute Gasteiger partial charge is 0.0300 e. The van der Waals surface area contributed by atoms with E-state index in [1.165, 1.54) is 5.56 Å². The summed E-state index contributed by atoms with van der Waals surface area (Å²) in [6.07, 6.45) is 5.98. The highest BCUT2D eigenvalue weighted by Crippen LogP contribution is 2.27. The molecule has 1 aromatic rings. The molecule has 2 heterocycles. The fourth-order valence-electron chi connectivity index (χ4n) is 2.51. The molecule has 110 valence electrons. The van der Waals surface area contributed by atoms with Gasteiger partial charge in [-0.15, -0.1) is 24.8 Å². The van der Waals surface area contributed by atoms with Crippen LogP contribution in [-0.2, 0) is 6.42 Å². The molecule has 3 nitrogen and oxygen atoms in total. The van der Waals surface area contributed by atoms with Crippen molar-refractivity contribution in [3.8, 4) is 0 Å². The number of nitrogens with two attached hydrogens (primary N) is 1. The van der Waals surface area contributed by atoms with E-state index < -0.39 is 0 Å². The summed E-state index contributed by atoms with van der Waals surface area (Å²) in [6, 6.07) is 4.50. The Morgan fingerprint density at radius 3 is 2.74 bits per heavy atom. The predicted octanol–water partition coefficient (Wildman–Crippen LogP) is 2.53. The third-order valence-corrected chi connectivity index (χ3v) is 3.83. The molecule has 0 bridgehead atoms. The molecular weight excluding hydrogens is 281 g/mol. The fourth-order valence-corrected chi connectivity index (χ4v) is 2.51. The van der Waals surface area contributed by atoms with Crippen molar-refractivity contribution in [3.05, 3.63) is 30.1 Å². The van der Waals surface area contributed by atoms with Crippen molar-refractivity contribution in [2.75, 3.05) is 19.6 Å². The molecule has 0 radical (unpaired) electrons. The average molecular weight is 306 g/mol. The lowest BCUT2D eigenvalue weighted by atomic mass is 9.79. The summed E-state index contributed by atoms with van der Waals surface area (Å²) in [6.45, 7) is 7.89. The number of piperidine rings is 1. The first-order valence-corrected chi connectivity index (χ1v) is 6.45. The normalized spacial score (nSPS) is 22.2. The number of hydrogen-bond acceptors (Lipinski definition) is 3. The first-order valence-electron chi connectivity index (χ1n) is 6.45. The van der Waals surface area contributed by atoms with Crippen molar-refractivity contribution in [2.24, 2.45) is 11.1 Å². The number of halogens is 2. The molecule has 0 amide bonds.